The molecule has 0 bridgehead atoms. The molecule has 100 valence electrons. The molecule has 0 aromatic heterocycles. The number of amides is 1. The number of aryl methyl sites for hydroxylation is 1. The summed E-state index contributed by atoms with van der Waals surface area (Å²) in [5, 5.41) is 2.70. The summed E-state index contributed by atoms with van der Waals surface area (Å²) in [6, 6.07) is 12.5. The number of fused-ring (bicyclic) bond motifs is 1. The lowest BCUT2D eigenvalue weighted by Gasteiger charge is -2.18. The summed E-state index contributed by atoms with van der Waals surface area (Å²) < 4.78 is 5.27. The van der Waals surface area contributed by atoms with Crippen molar-refractivity contribution >= 4 is 17.4 Å². The van der Waals surface area contributed by atoms with Crippen molar-refractivity contribution in [3.05, 3.63) is 59.2 Å². The maximum Gasteiger partial charge on any atom is 0.262 e. The summed E-state index contributed by atoms with van der Waals surface area (Å²) in [7, 11) is 0. The first-order chi connectivity index (χ1) is 9.63. The van der Waals surface area contributed by atoms with Crippen LogP contribution in [0.4, 0.5) is 5.69 Å². The average molecular weight is 267 g/mol. The number of hydrogen-bond donors (Lipinski definition) is 1. The fourth-order valence-electron chi connectivity index (χ4n) is 2.10. The van der Waals surface area contributed by atoms with Crippen LogP contribution in [0.25, 0.3) is 0 Å². The van der Waals surface area contributed by atoms with Gasteiger partial charge >= 0.3 is 0 Å². The van der Waals surface area contributed by atoms with Crippen LogP contribution < -0.4 is 10.1 Å². The highest BCUT2D eigenvalue weighted by molar-refractivity contribution is 6.10. The van der Waals surface area contributed by atoms with E-state index < -0.39 is 0 Å². The van der Waals surface area contributed by atoms with Crippen molar-refractivity contribution in [3.63, 3.8) is 0 Å². The summed E-state index contributed by atoms with van der Waals surface area (Å²) >= 11 is 0. The topological polar surface area (TPSA) is 55.4 Å². The van der Waals surface area contributed by atoms with Gasteiger partial charge in [0.15, 0.2) is 12.4 Å². The number of carbonyl (C=O) groups excluding carboxylic acids is 2. The number of carbonyl (C=O) groups is 2. The fraction of sp³-hybridized carbons (Fsp3) is 0.125. The molecule has 1 N–H and O–H groups in total. The van der Waals surface area contributed by atoms with Crippen molar-refractivity contribution in [1.82, 2.24) is 0 Å². The Balaban J connectivity index is 1.94. The number of rotatable bonds is 2. The molecule has 0 unspecified atom stereocenters. The minimum Gasteiger partial charge on any atom is -0.482 e. The van der Waals surface area contributed by atoms with Crippen molar-refractivity contribution in [1.29, 1.82) is 0 Å². The maximum atomic E-state index is 12.4. The molecule has 1 aliphatic rings. The van der Waals surface area contributed by atoms with Gasteiger partial charge in [-0.15, -0.1) is 0 Å². The normalized spacial score (nSPS) is 13.2. The molecule has 1 amide bonds. The molecule has 4 nitrogen and oxygen atoms in total. The Kier molecular flexibility index (Phi) is 2.99. The van der Waals surface area contributed by atoms with Crippen LogP contribution in [0.2, 0.25) is 0 Å². The van der Waals surface area contributed by atoms with E-state index in [0.717, 1.165) is 5.56 Å². The van der Waals surface area contributed by atoms with Gasteiger partial charge in [0, 0.05) is 11.1 Å². The summed E-state index contributed by atoms with van der Waals surface area (Å²) in [4.78, 5) is 23.7. The third-order valence-corrected chi connectivity index (χ3v) is 3.19. The number of ether oxygens (including phenoxy) is 1. The summed E-state index contributed by atoms with van der Waals surface area (Å²) in [5.74, 6) is 0.301. The van der Waals surface area contributed by atoms with Gasteiger partial charge in [-0.05, 0) is 25.1 Å². The second-order valence-corrected chi connectivity index (χ2v) is 4.74. The number of nitrogens with one attached hydrogen (secondary N) is 1. The van der Waals surface area contributed by atoms with Gasteiger partial charge in [0.2, 0.25) is 0 Å². The zero-order valence-electron chi connectivity index (χ0n) is 11.0. The van der Waals surface area contributed by atoms with Crippen LogP contribution in [-0.2, 0) is 4.79 Å². The standard InChI is InChI=1S/C16H13NO3/c1-10-2-4-11(5-3-10)16(19)12-6-7-14-13(8-12)17-15(18)9-20-14/h2-8H,9H2,1H3,(H,17,18). The molecule has 4 heteroatoms. The lowest BCUT2D eigenvalue weighted by atomic mass is 10.0. The SMILES string of the molecule is Cc1ccc(C(=O)c2ccc3c(c2)NC(=O)CO3)cc1. The zero-order valence-corrected chi connectivity index (χ0v) is 11.0. The Morgan fingerprint density at radius 3 is 2.55 bits per heavy atom. The Hall–Kier alpha value is -2.62. The predicted molar refractivity (Wildman–Crippen MR) is 75.2 cm³/mol. The van der Waals surface area contributed by atoms with Crippen molar-refractivity contribution in [2.24, 2.45) is 0 Å². The third kappa shape index (κ3) is 2.28. The minimum atomic E-state index is -0.211. The smallest absolute Gasteiger partial charge is 0.262 e. The van der Waals surface area contributed by atoms with Gasteiger partial charge in [-0.2, -0.15) is 0 Å². The van der Waals surface area contributed by atoms with Crippen LogP contribution in [0.1, 0.15) is 21.5 Å². The van der Waals surface area contributed by atoms with E-state index in [1.807, 2.05) is 19.1 Å². The van der Waals surface area contributed by atoms with Crippen molar-refractivity contribution in [2.75, 3.05) is 11.9 Å². The Morgan fingerprint density at radius 2 is 1.80 bits per heavy atom. The first-order valence-electron chi connectivity index (χ1n) is 6.31. The van der Waals surface area contributed by atoms with E-state index in [1.165, 1.54) is 0 Å². The molecule has 2 aromatic rings. The highest BCUT2D eigenvalue weighted by atomic mass is 16.5. The van der Waals surface area contributed by atoms with Gasteiger partial charge < -0.3 is 10.1 Å². The van der Waals surface area contributed by atoms with Gasteiger partial charge in [-0.25, -0.2) is 0 Å². The maximum absolute atomic E-state index is 12.4. The Bertz CT molecular complexity index is 689. The van der Waals surface area contributed by atoms with Gasteiger partial charge in [0.05, 0.1) is 5.69 Å². The van der Waals surface area contributed by atoms with E-state index in [0.29, 0.717) is 22.6 Å². The minimum absolute atomic E-state index is 0.0122. The number of ketones is 1. The van der Waals surface area contributed by atoms with Crippen LogP contribution in [0.15, 0.2) is 42.5 Å². The highest BCUT2D eigenvalue weighted by Gasteiger charge is 2.18. The molecule has 1 aliphatic heterocycles. The number of hydrogen-bond acceptors (Lipinski definition) is 3. The van der Waals surface area contributed by atoms with E-state index in [4.69, 9.17) is 4.74 Å². The van der Waals surface area contributed by atoms with E-state index in [1.54, 1.807) is 30.3 Å². The second kappa shape index (κ2) is 4.81. The van der Waals surface area contributed by atoms with Crippen molar-refractivity contribution in [3.8, 4) is 5.75 Å². The third-order valence-electron chi connectivity index (χ3n) is 3.19. The molecular weight excluding hydrogens is 254 g/mol. The molecule has 0 fully saturated rings. The van der Waals surface area contributed by atoms with Crippen LogP contribution in [-0.4, -0.2) is 18.3 Å². The van der Waals surface area contributed by atoms with Crippen LogP contribution >= 0.6 is 0 Å². The highest BCUT2D eigenvalue weighted by Crippen LogP contribution is 2.29. The molecule has 20 heavy (non-hydrogen) atoms. The van der Waals surface area contributed by atoms with Crippen LogP contribution in [0.5, 0.6) is 5.75 Å². The van der Waals surface area contributed by atoms with E-state index >= 15 is 0 Å². The summed E-state index contributed by atoms with van der Waals surface area (Å²) in [6.07, 6.45) is 0. The van der Waals surface area contributed by atoms with Crippen molar-refractivity contribution < 1.29 is 14.3 Å². The molecule has 0 saturated heterocycles. The van der Waals surface area contributed by atoms with E-state index in [-0.39, 0.29) is 18.3 Å². The first-order valence-corrected chi connectivity index (χ1v) is 6.31. The molecule has 0 radical (unpaired) electrons. The molecule has 3 rings (SSSR count). The summed E-state index contributed by atoms with van der Waals surface area (Å²) in [5.41, 5.74) is 2.80. The zero-order chi connectivity index (χ0) is 14.1. The largest absolute Gasteiger partial charge is 0.482 e. The van der Waals surface area contributed by atoms with E-state index in [2.05, 4.69) is 5.32 Å². The molecule has 1 heterocycles. The predicted octanol–water partition coefficient (Wildman–Crippen LogP) is 2.56. The van der Waals surface area contributed by atoms with Gasteiger partial charge in [-0.3, -0.25) is 9.59 Å². The molecule has 0 aliphatic carbocycles. The summed E-state index contributed by atoms with van der Waals surface area (Å²) in [6.45, 7) is 1.98. The quantitative estimate of drug-likeness (QED) is 0.851. The monoisotopic (exact) mass is 267 g/mol. The first kappa shape index (κ1) is 12.4. The molecule has 0 spiro atoms. The van der Waals surface area contributed by atoms with Crippen LogP contribution in [0.3, 0.4) is 0 Å². The molecule has 0 saturated carbocycles. The Morgan fingerprint density at radius 1 is 1.10 bits per heavy atom. The fourth-order valence-corrected chi connectivity index (χ4v) is 2.10. The second-order valence-electron chi connectivity index (χ2n) is 4.74. The van der Waals surface area contributed by atoms with Gasteiger partial charge in [0.1, 0.15) is 5.75 Å². The van der Waals surface area contributed by atoms with Gasteiger partial charge in [-0.1, -0.05) is 29.8 Å². The lowest BCUT2D eigenvalue weighted by Crippen LogP contribution is -2.25. The van der Waals surface area contributed by atoms with Crippen molar-refractivity contribution in [2.45, 2.75) is 6.92 Å². The lowest BCUT2D eigenvalue weighted by molar-refractivity contribution is -0.118. The Labute approximate surface area is 116 Å². The molecule has 0 atom stereocenters. The molecular formula is C16H13NO3. The number of anilines is 1. The average Bonchev–Trinajstić information content (AvgIpc) is 2.46. The van der Waals surface area contributed by atoms with Crippen LogP contribution in [0, 0.1) is 6.92 Å². The van der Waals surface area contributed by atoms with E-state index in [9.17, 15) is 9.59 Å². The molecule has 2 aromatic carbocycles. The number of benzene rings is 2. The van der Waals surface area contributed by atoms with Gasteiger partial charge in [0.25, 0.3) is 5.91 Å².